The molecule has 1 aliphatic rings. The van der Waals surface area contributed by atoms with Crippen LogP contribution < -0.4 is 5.32 Å². The zero-order chi connectivity index (χ0) is 22.8. The SMILES string of the molecule is Cc1ccc(-c2csc(NC(=O)CCN(Cc3cccc4ccccc34)C3CC3)n2)cc1C. The van der Waals surface area contributed by atoms with Gasteiger partial charge in [0.2, 0.25) is 5.91 Å². The lowest BCUT2D eigenvalue weighted by Gasteiger charge is -2.22. The van der Waals surface area contributed by atoms with E-state index in [4.69, 9.17) is 0 Å². The second-order valence-corrected chi connectivity index (χ2v) is 9.83. The normalized spacial score (nSPS) is 13.5. The molecule has 1 aliphatic carbocycles. The van der Waals surface area contributed by atoms with Gasteiger partial charge in [-0.2, -0.15) is 0 Å². The van der Waals surface area contributed by atoms with Gasteiger partial charge >= 0.3 is 0 Å². The summed E-state index contributed by atoms with van der Waals surface area (Å²) in [5.41, 5.74) is 5.85. The smallest absolute Gasteiger partial charge is 0.227 e. The van der Waals surface area contributed by atoms with E-state index in [1.54, 1.807) is 0 Å². The molecule has 0 bridgehead atoms. The Morgan fingerprint density at radius 1 is 1.06 bits per heavy atom. The maximum atomic E-state index is 12.7. The zero-order valence-electron chi connectivity index (χ0n) is 19.2. The molecule has 0 atom stereocenters. The lowest BCUT2D eigenvalue weighted by Crippen LogP contribution is -2.29. The number of aryl methyl sites for hydroxylation is 2. The van der Waals surface area contributed by atoms with Gasteiger partial charge in [0.05, 0.1) is 5.69 Å². The molecule has 1 saturated carbocycles. The van der Waals surface area contributed by atoms with Crippen molar-refractivity contribution in [2.45, 2.75) is 45.7 Å². The molecule has 1 heterocycles. The number of anilines is 1. The third kappa shape index (κ3) is 5.15. The molecule has 0 radical (unpaired) electrons. The number of nitrogens with one attached hydrogen (secondary N) is 1. The van der Waals surface area contributed by atoms with Crippen LogP contribution in [0.5, 0.6) is 0 Å². The Bertz CT molecular complexity index is 1290. The fraction of sp³-hybridized carbons (Fsp3) is 0.286. The highest BCUT2D eigenvalue weighted by Crippen LogP contribution is 2.30. The molecule has 4 aromatic rings. The molecule has 33 heavy (non-hydrogen) atoms. The average molecular weight is 456 g/mol. The van der Waals surface area contributed by atoms with Crippen LogP contribution in [0.4, 0.5) is 5.13 Å². The van der Waals surface area contributed by atoms with Gasteiger partial charge in [-0.25, -0.2) is 4.98 Å². The van der Waals surface area contributed by atoms with E-state index in [1.165, 1.54) is 51.6 Å². The predicted molar refractivity (Wildman–Crippen MR) is 138 cm³/mol. The van der Waals surface area contributed by atoms with Crippen LogP contribution in [0.15, 0.2) is 66.0 Å². The molecule has 3 aromatic carbocycles. The minimum atomic E-state index is 0.0274. The van der Waals surface area contributed by atoms with E-state index in [2.05, 4.69) is 89.7 Å². The van der Waals surface area contributed by atoms with Crippen molar-refractivity contribution in [2.75, 3.05) is 11.9 Å². The highest BCUT2D eigenvalue weighted by atomic mass is 32.1. The van der Waals surface area contributed by atoms with Gasteiger partial charge in [0, 0.05) is 36.5 Å². The molecule has 0 aliphatic heterocycles. The summed E-state index contributed by atoms with van der Waals surface area (Å²) in [5.74, 6) is 0.0274. The quantitative estimate of drug-likeness (QED) is 0.327. The van der Waals surface area contributed by atoms with Gasteiger partial charge in [-0.15, -0.1) is 11.3 Å². The highest BCUT2D eigenvalue weighted by molar-refractivity contribution is 7.14. The number of carbonyl (C=O) groups excluding carboxylic acids is 1. The van der Waals surface area contributed by atoms with Crippen LogP contribution in [0, 0.1) is 13.8 Å². The zero-order valence-corrected chi connectivity index (χ0v) is 20.0. The van der Waals surface area contributed by atoms with Crippen LogP contribution in [-0.2, 0) is 11.3 Å². The number of rotatable bonds is 8. The summed E-state index contributed by atoms with van der Waals surface area (Å²) in [6.07, 6.45) is 2.91. The fourth-order valence-electron chi connectivity index (χ4n) is 4.27. The van der Waals surface area contributed by atoms with Crippen molar-refractivity contribution in [3.8, 4) is 11.3 Å². The van der Waals surface area contributed by atoms with E-state index < -0.39 is 0 Å². The number of carbonyl (C=O) groups is 1. The van der Waals surface area contributed by atoms with Crippen LogP contribution in [0.3, 0.4) is 0 Å². The van der Waals surface area contributed by atoms with Gasteiger partial charge in [-0.05, 0) is 60.2 Å². The number of hydrogen-bond acceptors (Lipinski definition) is 4. The maximum absolute atomic E-state index is 12.7. The number of aromatic nitrogens is 1. The van der Waals surface area contributed by atoms with Crippen molar-refractivity contribution in [3.63, 3.8) is 0 Å². The Labute approximate surface area is 199 Å². The van der Waals surface area contributed by atoms with E-state index in [9.17, 15) is 4.79 Å². The molecule has 168 valence electrons. The third-order valence-corrected chi connectivity index (χ3v) is 7.25. The second-order valence-electron chi connectivity index (χ2n) is 8.98. The van der Waals surface area contributed by atoms with Gasteiger partial charge in [-0.1, -0.05) is 54.6 Å². The van der Waals surface area contributed by atoms with Crippen LogP contribution in [0.1, 0.15) is 36.0 Å². The molecule has 1 N–H and O–H groups in total. The summed E-state index contributed by atoms with van der Waals surface area (Å²) in [4.78, 5) is 19.8. The van der Waals surface area contributed by atoms with Crippen molar-refractivity contribution in [3.05, 3.63) is 82.7 Å². The molecule has 1 aromatic heterocycles. The third-order valence-electron chi connectivity index (χ3n) is 6.50. The van der Waals surface area contributed by atoms with E-state index in [0.29, 0.717) is 17.6 Å². The maximum Gasteiger partial charge on any atom is 0.227 e. The molecule has 5 rings (SSSR count). The Morgan fingerprint density at radius 3 is 2.70 bits per heavy atom. The van der Waals surface area contributed by atoms with Gasteiger partial charge in [0.25, 0.3) is 0 Å². The van der Waals surface area contributed by atoms with E-state index in [1.807, 2.05) is 5.38 Å². The summed E-state index contributed by atoms with van der Waals surface area (Å²) in [5, 5.41) is 8.26. The Morgan fingerprint density at radius 2 is 1.88 bits per heavy atom. The molecule has 0 spiro atoms. The van der Waals surface area contributed by atoms with Crippen molar-refractivity contribution in [2.24, 2.45) is 0 Å². The monoisotopic (exact) mass is 455 g/mol. The molecule has 0 unspecified atom stereocenters. The Kier molecular flexibility index (Phi) is 6.25. The van der Waals surface area contributed by atoms with Gasteiger partial charge in [0.1, 0.15) is 0 Å². The number of fused-ring (bicyclic) bond motifs is 1. The Hall–Kier alpha value is -3.02. The molecule has 5 heteroatoms. The van der Waals surface area contributed by atoms with Gasteiger partial charge in [0.15, 0.2) is 5.13 Å². The molecular formula is C28H29N3OS. The van der Waals surface area contributed by atoms with Crippen molar-refractivity contribution in [1.82, 2.24) is 9.88 Å². The van der Waals surface area contributed by atoms with Crippen LogP contribution in [0.25, 0.3) is 22.0 Å². The molecule has 1 fully saturated rings. The molecule has 4 nitrogen and oxygen atoms in total. The first kappa shape index (κ1) is 21.8. The largest absolute Gasteiger partial charge is 0.302 e. The van der Waals surface area contributed by atoms with Crippen molar-refractivity contribution >= 4 is 33.1 Å². The van der Waals surface area contributed by atoms with Crippen molar-refractivity contribution < 1.29 is 4.79 Å². The molecule has 0 saturated heterocycles. The summed E-state index contributed by atoms with van der Waals surface area (Å²) >= 11 is 1.48. The number of benzene rings is 3. The van der Waals surface area contributed by atoms with E-state index >= 15 is 0 Å². The summed E-state index contributed by atoms with van der Waals surface area (Å²) in [6, 6.07) is 22.0. The highest BCUT2D eigenvalue weighted by Gasteiger charge is 2.29. The topological polar surface area (TPSA) is 45.2 Å². The summed E-state index contributed by atoms with van der Waals surface area (Å²) < 4.78 is 0. The first-order valence-electron chi connectivity index (χ1n) is 11.6. The second kappa shape index (κ2) is 9.46. The van der Waals surface area contributed by atoms with Crippen molar-refractivity contribution in [1.29, 1.82) is 0 Å². The number of hydrogen-bond donors (Lipinski definition) is 1. The first-order valence-corrected chi connectivity index (χ1v) is 12.5. The Balaban J connectivity index is 1.21. The van der Waals surface area contributed by atoms with E-state index in [0.717, 1.165) is 24.3 Å². The van der Waals surface area contributed by atoms with Crippen LogP contribution >= 0.6 is 11.3 Å². The average Bonchev–Trinajstić information content (AvgIpc) is 3.57. The molecule has 1 amide bonds. The number of nitrogens with zero attached hydrogens (tertiary/aromatic N) is 2. The summed E-state index contributed by atoms with van der Waals surface area (Å²) in [7, 11) is 0. The minimum absolute atomic E-state index is 0.0274. The number of amides is 1. The molecular weight excluding hydrogens is 426 g/mol. The van der Waals surface area contributed by atoms with E-state index in [-0.39, 0.29) is 5.91 Å². The summed E-state index contributed by atoms with van der Waals surface area (Å²) in [6.45, 7) is 5.86. The predicted octanol–water partition coefficient (Wildman–Crippen LogP) is 6.57. The van der Waals surface area contributed by atoms with Crippen LogP contribution in [0.2, 0.25) is 0 Å². The lowest BCUT2D eigenvalue weighted by atomic mass is 10.0. The number of thiazole rings is 1. The van der Waals surface area contributed by atoms with Gasteiger partial charge < -0.3 is 5.32 Å². The standard InChI is InChI=1S/C28H29N3OS/c1-19-10-11-22(16-20(19)2)26-18-33-28(29-26)30-27(32)14-15-31(24-12-13-24)17-23-8-5-7-21-6-3-4-9-25(21)23/h3-11,16,18,24H,12-15,17H2,1-2H3,(H,29,30,32). The lowest BCUT2D eigenvalue weighted by molar-refractivity contribution is -0.116. The first-order chi connectivity index (χ1) is 16.1. The van der Waals surface area contributed by atoms with Crippen LogP contribution in [-0.4, -0.2) is 28.4 Å². The minimum Gasteiger partial charge on any atom is -0.302 e. The van der Waals surface area contributed by atoms with Gasteiger partial charge in [-0.3, -0.25) is 9.69 Å². The fourth-order valence-corrected chi connectivity index (χ4v) is 5.01.